The molecule has 82 valence electrons. The molecule has 0 N–H and O–H groups in total. The van der Waals surface area contributed by atoms with Crippen LogP contribution in [0.15, 0.2) is 12.7 Å². The van der Waals surface area contributed by atoms with Gasteiger partial charge in [0.05, 0.1) is 0 Å². The Bertz CT molecular complexity index is 188. The molecule has 14 heavy (non-hydrogen) atoms. The standard InChI is InChI=1S/C12H23NO/c1-7-8-11(6)12(14)13(9(2)3)10(4)5/h7,9-11H,1,8H2,2-6H3/t11-/m0/s1. The summed E-state index contributed by atoms with van der Waals surface area (Å²) in [4.78, 5) is 13.9. The lowest BCUT2D eigenvalue weighted by atomic mass is 10.0. The minimum Gasteiger partial charge on any atom is -0.338 e. The second-order valence-electron chi connectivity index (χ2n) is 4.36. The molecule has 2 heteroatoms. The highest BCUT2D eigenvalue weighted by atomic mass is 16.2. The molecule has 0 aliphatic carbocycles. The van der Waals surface area contributed by atoms with Gasteiger partial charge in [-0.1, -0.05) is 13.0 Å². The van der Waals surface area contributed by atoms with E-state index in [1.165, 1.54) is 0 Å². The van der Waals surface area contributed by atoms with Crippen LogP contribution in [0.2, 0.25) is 0 Å². The Labute approximate surface area is 88.0 Å². The highest BCUT2D eigenvalue weighted by Crippen LogP contribution is 2.13. The largest absolute Gasteiger partial charge is 0.338 e. The summed E-state index contributed by atoms with van der Waals surface area (Å²) in [6.45, 7) is 13.8. The fourth-order valence-corrected chi connectivity index (χ4v) is 1.71. The fourth-order valence-electron chi connectivity index (χ4n) is 1.71. The topological polar surface area (TPSA) is 20.3 Å². The van der Waals surface area contributed by atoms with E-state index in [2.05, 4.69) is 34.3 Å². The van der Waals surface area contributed by atoms with Crippen molar-refractivity contribution in [2.45, 2.75) is 53.1 Å². The zero-order chi connectivity index (χ0) is 11.3. The molecule has 0 aromatic carbocycles. The smallest absolute Gasteiger partial charge is 0.226 e. The molecule has 0 fully saturated rings. The van der Waals surface area contributed by atoms with Crippen molar-refractivity contribution in [3.63, 3.8) is 0 Å². The summed E-state index contributed by atoms with van der Waals surface area (Å²) in [5.74, 6) is 0.284. The van der Waals surface area contributed by atoms with Crippen LogP contribution in [-0.4, -0.2) is 22.9 Å². The van der Waals surface area contributed by atoms with Crippen LogP contribution in [0.1, 0.15) is 41.0 Å². The second kappa shape index (κ2) is 5.84. The molecule has 0 radical (unpaired) electrons. The van der Waals surface area contributed by atoms with Gasteiger partial charge in [-0.15, -0.1) is 6.58 Å². The molecule has 0 aliphatic rings. The van der Waals surface area contributed by atoms with Crippen molar-refractivity contribution in [2.24, 2.45) is 5.92 Å². The second-order valence-corrected chi connectivity index (χ2v) is 4.36. The molecule has 0 aromatic heterocycles. The molecule has 1 atom stereocenters. The lowest BCUT2D eigenvalue weighted by Crippen LogP contribution is -2.44. The molecular formula is C12H23NO. The van der Waals surface area contributed by atoms with Crippen molar-refractivity contribution < 1.29 is 4.79 Å². The first kappa shape index (κ1) is 13.2. The molecule has 0 aromatic rings. The van der Waals surface area contributed by atoms with Gasteiger partial charge in [0.2, 0.25) is 5.91 Å². The number of allylic oxidation sites excluding steroid dienone is 1. The summed E-state index contributed by atoms with van der Waals surface area (Å²) < 4.78 is 0. The highest BCUT2D eigenvalue weighted by Gasteiger charge is 2.23. The molecule has 1 amide bonds. The summed E-state index contributed by atoms with van der Waals surface area (Å²) in [7, 11) is 0. The molecular weight excluding hydrogens is 174 g/mol. The first-order valence-corrected chi connectivity index (χ1v) is 5.34. The number of amides is 1. The molecule has 2 nitrogen and oxygen atoms in total. The molecule has 0 bridgehead atoms. The van der Waals surface area contributed by atoms with Gasteiger partial charge in [0.1, 0.15) is 0 Å². The van der Waals surface area contributed by atoms with Crippen LogP contribution in [0, 0.1) is 5.92 Å². The van der Waals surface area contributed by atoms with Gasteiger partial charge in [0.15, 0.2) is 0 Å². The number of hydrogen-bond acceptors (Lipinski definition) is 1. The first-order valence-electron chi connectivity index (χ1n) is 5.34. The van der Waals surface area contributed by atoms with Crippen molar-refractivity contribution in [2.75, 3.05) is 0 Å². The number of rotatable bonds is 5. The Hall–Kier alpha value is -0.790. The molecule has 0 unspecified atom stereocenters. The Morgan fingerprint density at radius 1 is 1.21 bits per heavy atom. The van der Waals surface area contributed by atoms with E-state index in [9.17, 15) is 4.79 Å². The average molecular weight is 197 g/mol. The van der Waals surface area contributed by atoms with Gasteiger partial charge < -0.3 is 4.90 Å². The predicted molar refractivity (Wildman–Crippen MR) is 61.1 cm³/mol. The summed E-state index contributed by atoms with van der Waals surface area (Å²) in [6.07, 6.45) is 2.57. The van der Waals surface area contributed by atoms with Gasteiger partial charge in [0, 0.05) is 18.0 Å². The number of hydrogen-bond donors (Lipinski definition) is 0. The van der Waals surface area contributed by atoms with Gasteiger partial charge in [-0.05, 0) is 34.1 Å². The van der Waals surface area contributed by atoms with E-state index in [1.807, 2.05) is 11.8 Å². The van der Waals surface area contributed by atoms with Gasteiger partial charge in [-0.3, -0.25) is 4.79 Å². The van der Waals surface area contributed by atoms with Crippen molar-refractivity contribution in [3.05, 3.63) is 12.7 Å². The minimum absolute atomic E-state index is 0.0531. The van der Waals surface area contributed by atoms with Crippen molar-refractivity contribution in [1.29, 1.82) is 0 Å². The van der Waals surface area contributed by atoms with Crippen molar-refractivity contribution in [1.82, 2.24) is 4.90 Å². The number of carbonyl (C=O) groups excluding carboxylic acids is 1. The van der Waals surface area contributed by atoms with Crippen LogP contribution in [0.5, 0.6) is 0 Å². The molecule has 0 aliphatic heterocycles. The van der Waals surface area contributed by atoms with E-state index in [0.29, 0.717) is 0 Å². The third-order valence-electron chi connectivity index (χ3n) is 2.31. The number of nitrogens with zero attached hydrogens (tertiary/aromatic N) is 1. The van der Waals surface area contributed by atoms with Gasteiger partial charge in [0.25, 0.3) is 0 Å². The SMILES string of the molecule is C=CC[C@H](C)C(=O)N(C(C)C)C(C)C. The van der Waals surface area contributed by atoms with Crippen LogP contribution in [0.4, 0.5) is 0 Å². The normalized spacial score (nSPS) is 13.1. The van der Waals surface area contributed by atoms with E-state index in [0.717, 1.165) is 6.42 Å². The lowest BCUT2D eigenvalue weighted by molar-refractivity contribution is -0.138. The zero-order valence-electron chi connectivity index (χ0n) is 10.1. The Balaban J connectivity index is 4.51. The maximum Gasteiger partial charge on any atom is 0.226 e. The molecule has 0 heterocycles. The highest BCUT2D eigenvalue weighted by molar-refractivity contribution is 5.79. The van der Waals surface area contributed by atoms with E-state index in [1.54, 1.807) is 6.08 Å². The summed E-state index contributed by atoms with van der Waals surface area (Å²) in [6, 6.07) is 0.546. The summed E-state index contributed by atoms with van der Waals surface area (Å²) in [5, 5.41) is 0. The maximum absolute atomic E-state index is 12.0. The zero-order valence-corrected chi connectivity index (χ0v) is 10.1. The first-order chi connectivity index (χ1) is 6.41. The van der Waals surface area contributed by atoms with Crippen LogP contribution in [0.3, 0.4) is 0 Å². The van der Waals surface area contributed by atoms with Crippen LogP contribution in [0.25, 0.3) is 0 Å². The van der Waals surface area contributed by atoms with E-state index >= 15 is 0 Å². The molecule has 0 saturated heterocycles. The van der Waals surface area contributed by atoms with Gasteiger partial charge >= 0.3 is 0 Å². The average Bonchev–Trinajstić information content (AvgIpc) is 2.03. The Morgan fingerprint density at radius 2 is 1.64 bits per heavy atom. The third-order valence-corrected chi connectivity index (χ3v) is 2.31. The van der Waals surface area contributed by atoms with Crippen LogP contribution < -0.4 is 0 Å². The van der Waals surface area contributed by atoms with E-state index in [4.69, 9.17) is 0 Å². The molecule has 0 saturated carbocycles. The van der Waals surface area contributed by atoms with Gasteiger partial charge in [-0.25, -0.2) is 0 Å². The summed E-state index contributed by atoms with van der Waals surface area (Å²) >= 11 is 0. The fraction of sp³-hybridized carbons (Fsp3) is 0.750. The van der Waals surface area contributed by atoms with Crippen LogP contribution in [-0.2, 0) is 4.79 Å². The van der Waals surface area contributed by atoms with Gasteiger partial charge in [-0.2, -0.15) is 0 Å². The minimum atomic E-state index is 0.0531. The van der Waals surface area contributed by atoms with E-state index in [-0.39, 0.29) is 23.9 Å². The third kappa shape index (κ3) is 3.52. The molecule has 0 rings (SSSR count). The maximum atomic E-state index is 12.0. The quantitative estimate of drug-likeness (QED) is 0.621. The van der Waals surface area contributed by atoms with Crippen LogP contribution >= 0.6 is 0 Å². The Kier molecular flexibility index (Phi) is 5.51. The van der Waals surface area contributed by atoms with E-state index < -0.39 is 0 Å². The monoisotopic (exact) mass is 197 g/mol. The molecule has 0 spiro atoms. The van der Waals surface area contributed by atoms with Crippen molar-refractivity contribution >= 4 is 5.91 Å². The summed E-state index contributed by atoms with van der Waals surface area (Å²) in [5.41, 5.74) is 0. The predicted octanol–water partition coefficient (Wildman–Crippen LogP) is 2.84. The lowest BCUT2D eigenvalue weighted by Gasteiger charge is -2.32. The number of carbonyl (C=O) groups is 1. The van der Waals surface area contributed by atoms with Crippen molar-refractivity contribution in [3.8, 4) is 0 Å². The Morgan fingerprint density at radius 3 is 1.93 bits per heavy atom.